The fourth-order valence-electron chi connectivity index (χ4n) is 2.62. The van der Waals surface area contributed by atoms with Crippen molar-refractivity contribution in [2.75, 3.05) is 14.1 Å². The predicted molar refractivity (Wildman–Crippen MR) is 106 cm³/mol. The summed E-state index contributed by atoms with van der Waals surface area (Å²) in [5.41, 5.74) is 4.08. The van der Waals surface area contributed by atoms with Crippen LogP contribution in [0.25, 0.3) is 5.69 Å². The topological polar surface area (TPSA) is 81.0 Å². The second-order valence-electron chi connectivity index (χ2n) is 6.39. The van der Waals surface area contributed by atoms with E-state index < -0.39 is 10.0 Å². The van der Waals surface area contributed by atoms with Crippen LogP contribution in [0.4, 0.5) is 0 Å². The van der Waals surface area contributed by atoms with Crippen LogP contribution in [-0.4, -0.2) is 47.0 Å². The van der Waals surface area contributed by atoms with Gasteiger partial charge in [0.25, 0.3) is 0 Å². The third kappa shape index (κ3) is 4.20. The Kier molecular flexibility index (Phi) is 5.64. The largest absolute Gasteiger partial charge is 0.242 e. The van der Waals surface area contributed by atoms with Crippen LogP contribution in [-0.2, 0) is 15.8 Å². The van der Waals surface area contributed by atoms with Gasteiger partial charge in [-0.1, -0.05) is 41.6 Å². The van der Waals surface area contributed by atoms with Crippen molar-refractivity contribution < 1.29 is 8.42 Å². The van der Waals surface area contributed by atoms with Gasteiger partial charge < -0.3 is 0 Å². The van der Waals surface area contributed by atoms with Crippen LogP contribution < -0.4 is 0 Å². The van der Waals surface area contributed by atoms with E-state index in [0.29, 0.717) is 10.9 Å². The molecule has 0 bridgehead atoms. The number of thioether (sulfide) groups is 1. The smallest absolute Gasteiger partial charge is 0.207 e. The molecule has 1 heterocycles. The SMILES string of the molecule is Cc1ccc(-n2nnnc2SCc2cccc(S(=O)(=O)N(C)C)c2)c(C)c1. The Morgan fingerprint density at radius 2 is 1.89 bits per heavy atom. The molecule has 0 saturated carbocycles. The van der Waals surface area contributed by atoms with Crippen molar-refractivity contribution in [3.8, 4) is 5.69 Å². The van der Waals surface area contributed by atoms with Crippen molar-refractivity contribution in [2.24, 2.45) is 0 Å². The standard InChI is InChI=1S/C18H21N5O2S2/c1-13-8-9-17(14(2)10-13)23-18(19-20-21-23)26-12-15-6-5-7-16(11-15)27(24,25)22(3)4/h5-11H,12H2,1-4H3. The lowest BCUT2D eigenvalue weighted by Gasteiger charge is -2.12. The molecule has 0 aliphatic carbocycles. The molecule has 9 heteroatoms. The number of tetrazole rings is 1. The van der Waals surface area contributed by atoms with Crippen molar-refractivity contribution in [1.82, 2.24) is 24.5 Å². The van der Waals surface area contributed by atoms with E-state index in [1.807, 2.05) is 32.0 Å². The van der Waals surface area contributed by atoms with Crippen molar-refractivity contribution >= 4 is 21.8 Å². The summed E-state index contributed by atoms with van der Waals surface area (Å²) in [5, 5.41) is 12.7. The molecule has 0 aliphatic rings. The fraction of sp³-hybridized carbons (Fsp3) is 0.278. The first kappa shape index (κ1) is 19.5. The molecule has 0 saturated heterocycles. The molecule has 0 radical (unpaired) electrons. The third-order valence-corrected chi connectivity index (χ3v) is 6.87. The molecule has 2 aromatic carbocycles. The zero-order valence-electron chi connectivity index (χ0n) is 15.6. The molecular formula is C18H21N5O2S2. The Hall–Kier alpha value is -2.23. The summed E-state index contributed by atoms with van der Waals surface area (Å²) in [7, 11) is -0.409. The predicted octanol–water partition coefficient (Wildman–Crippen LogP) is 2.82. The van der Waals surface area contributed by atoms with Crippen LogP contribution in [0.15, 0.2) is 52.5 Å². The van der Waals surface area contributed by atoms with E-state index in [1.54, 1.807) is 22.9 Å². The summed E-state index contributed by atoms with van der Waals surface area (Å²) in [4.78, 5) is 0.277. The van der Waals surface area contributed by atoms with Crippen LogP contribution in [0.2, 0.25) is 0 Å². The molecule has 1 aromatic heterocycles. The van der Waals surface area contributed by atoms with Gasteiger partial charge in [0.2, 0.25) is 15.2 Å². The lowest BCUT2D eigenvalue weighted by Crippen LogP contribution is -2.22. The first-order valence-electron chi connectivity index (χ1n) is 8.29. The molecule has 0 amide bonds. The van der Waals surface area contributed by atoms with Crippen LogP contribution in [0.5, 0.6) is 0 Å². The highest BCUT2D eigenvalue weighted by Crippen LogP contribution is 2.25. The summed E-state index contributed by atoms with van der Waals surface area (Å²) in [5.74, 6) is 0.558. The molecule has 0 spiro atoms. The number of aromatic nitrogens is 4. The minimum absolute atomic E-state index is 0.277. The lowest BCUT2D eigenvalue weighted by atomic mass is 10.1. The van der Waals surface area contributed by atoms with Crippen LogP contribution in [0.1, 0.15) is 16.7 Å². The Morgan fingerprint density at radius 3 is 2.59 bits per heavy atom. The van der Waals surface area contributed by atoms with Crippen molar-refractivity contribution in [1.29, 1.82) is 0 Å². The molecule has 3 rings (SSSR count). The first-order valence-corrected chi connectivity index (χ1v) is 10.7. The van der Waals surface area contributed by atoms with Gasteiger partial charge >= 0.3 is 0 Å². The summed E-state index contributed by atoms with van der Waals surface area (Å²) < 4.78 is 27.5. The molecule has 7 nitrogen and oxygen atoms in total. The average molecular weight is 404 g/mol. The summed E-state index contributed by atoms with van der Waals surface area (Å²) >= 11 is 1.46. The van der Waals surface area contributed by atoms with Crippen LogP contribution in [0, 0.1) is 13.8 Å². The van der Waals surface area contributed by atoms with Crippen molar-refractivity contribution in [2.45, 2.75) is 29.7 Å². The number of rotatable bonds is 6. The Labute approximate surface area is 163 Å². The van der Waals surface area contributed by atoms with E-state index in [1.165, 1.54) is 35.7 Å². The van der Waals surface area contributed by atoms with Gasteiger partial charge in [0.1, 0.15) is 0 Å². The molecular weight excluding hydrogens is 382 g/mol. The Bertz CT molecular complexity index is 1060. The monoisotopic (exact) mass is 403 g/mol. The van der Waals surface area contributed by atoms with E-state index >= 15 is 0 Å². The van der Waals surface area contributed by atoms with Gasteiger partial charge in [-0.05, 0) is 53.6 Å². The van der Waals surface area contributed by atoms with E-state index in [4.69, 9.17) is 0 Å². The van der Waals surface area contributed by atoms with Gasteiger partial charge in [-0.2, -0.15) is 4.68 Å². The van der Waals surface area contributed by atoms with Gasteiger partial charge in [0.15, 0.2) is 0 Å². The zero-order chi connectivity index (χ0) is 19.6. The van der Waals surface area contributed by atoms with Crippen LogP contribution >= 0.6 is 11.8 Å². The second kappa shape index (κ2) is 7.79. The molecule has 0 atom stereocenters. The van der Waals surface area contributed by atoms with Gasteiger partial charge in [-0.3, -0.25) is 0 Å². The van der Waals surface area contributed by atoms with Gasteiger partial charge in [0.05, 0.1) is 10.6 Å². The van der Waals surface area contributed by atoms with E-state index in [2.05, 4.69) is 21.6 Å². The summed E-state index contributed by atoms with van der Waals surface area (Å²) in [6.07, 6.45) is 0. The zero-order valence-corrected chi connectivity index (χ0v) is 17.3. The molecule has 27 heavy (non-hydrogen) atoms. The number of aryl methyl sites for hydroxylation is 2. The Balaban J connectivity index is 1.82. The molecule has 0 unspecified atom stereocenters. The van der Waals surface area contributed by atoms with E-state index in [0.717, 1.165) is 16.8 Å². The van der Waals surface area contributed by atoms with E-state index in [-0.39, 0.29) is 4.90 Å². The maximum absolute atomic E-state index is 12.3. The third-order valence-electron chi connectivity index (χ3n) is 4.07. The maximum atomic E-state index is 12.3. The highest BCUT2D eigenvalue weighted by Gasteiger charge is 2.17. The van der Waals surface area contributed by atoms with Gasteiger partial charge in [-0.15, -0.1) is 5.10 Å². The highest BCUT2D eigenvalue weighted by atomic mass is 32.2. The summed E-state index contributed by atoms with van der Waals surface area (Å²) in [6, 6.07) is 13.0. The minimum atomic E-state index is -3.45. The number of sulfonamides is 1. The van der Waals surface area contributed by atoms with Crippen molar-refractivity contribution in [3.63, 3.8) is 0 Å². The first-order chi connectivity index (χ1) is 12.8. The van der Waals surface area contributed by atoms with E-state index in [9.17, 15) is 8.42 Å². The average Bonchev–Trinajstić information content (AvgIpc) is 3.08. The Morgan fingerprint density at radius 1 is 1.11 bits per heavy atom. The molecule has 142 valence electrons. The second-order valence-corrected chi connectivity index (χ2v) is 9.48. The molecule has 0 aliphatic heterocycles. The highest BCUT2D eigenvalue weighted by molar-refractivity contribution is 7.98. The fourth-order valence-corrected chi connectivity index (χ4v) is 4.42. The number of hydrogen-bond donors (Lipinski definition) is 0. The summed E-state index contributed by atoms with van der Waals surface area (Å²) in [6.45, 7) is 4.06. The molecule has 3 aromatic rings. The maximum Gasteiger partial charge on any atom is 0.242 e. The van der Waals surface area contributed by atoms with Crippen LogP contribution in [0.3, 0.4) is 0 Å². The normalized spacial score (nSPS) is 11.9. The number of benzene rings is 2. The minimum Gasteiger partial charge on any atom is -0.207 e. The van der Waals surface area contributed by atoms with Gasteiger partial charge in [-0.25, -0.2) is 12.7 Å². The van der Waals surface area contributed by atoms with Gasteiger partial charge in [0, 0.05) is 19.8 Å². The quantitative estimate of drug-likeness (QED) is 0.589. The number of nitrogens with zero attached hydrogens (tertiary/aromatic N) is 5. The molecule has 0 N–H and O–H groups in total. The van der Waals surface area contributed by atoms with Crippen molar-refractivity contribution in [3.05, 3.63) is 59.2 Å². The molecule has 0 fully saturated rings. The lowest BCUT2D eigenvalue weighted by molar-refractivity contribution is 0.520. The number of hydrogen-bond acceptors (Lipinski definition) is 6.